The highest BCUT2D eigenvalue weighted by Gasteiger charge is 1.94. The molecule has 16 heavy (non-hydrogen) atoms. The van der Waals surface area contributed by atoms with Gasteiger partial charge in [0.15, 0.2) is 0 Å². The quantitative estimate of drug-likeness (QED) is 0.720. The lowest BCUT2D eigenvalue weighted by atomic mass is 10.3. The van der Waals surface area contributed by atoms with E-state index in [-0.39, 0.29) is 0 Å². The summed E-state index contributed by atoms with van der Waals surface area (Å²) in [6.45, 7) is 6.28. The number of rotatable bonds is 8. The predicted octanol–water partition coefficient (Wildman–Crippen LogP) is 2.32. The molecule has 0 aromatic carbocycles. The van der Waals surface area contributed by atoms with Crippen molar-refractivity contribution in [2.45, 2.75) is 26.3 Å². The predicted molar refractivity (Wildman–Crippen MR) is 71.4 cm³/mol. The second kappa shape index (κ2) is 8.67. The van der Waals surface area contributed by atoms with E-state index in [2.05, 4.69) is 38.5 Å². The molecule has 0 fully saturated rings. The summed E-state index contributed by atoms with van der Waals surface area (Å²) >= 11 is 3.37. The van der Waals surface area contributed by atoms with Crippen LogP contribution >= 0.6 is 15.9 Å². The standard InChI is InChI=1S/C12H20BrN3/c1-2-6-14-7-3-8-15-10-12-5-4-11(13)9-16-12/h4-5,9,14-15H,2-3,6-8,10H2,1H3. The Morgan fingerprint density at radius 2 is 2.00 bits per heavy atom. The summed E-state index contributed by atoms with van der Waals surface area (Å²) in [6, 6.07) is 4.05. The Morgan fingerprint density at radius 1 is 1.19 bits per heavy atom. The van der Waals surface area contributed by atoms with Crippen LogP contribution in [-0.4, -0.2) is 24.6 Å². The lowest BCUT2D eigenvalue weighted by Gasteiger charge is -2.05. The van der Waals surface area contributed by atoms with E-state index in [0.29, 0.717) is 0 Å². The van der Waals surface area contributed by atoms with Gasteiger partial charge in [-0.3, -0.25) is 4.98 Å². The molecule has 0 aliphatic rings. The smallest absolute Gasteiger partial charge is 0.0542 e. The molecule has 0 spiro atoms. The summed E-state index contributed by atoms with van der Waals surface area (Å²) in [4.78, 5) is 4.30. The van der Waals surface area contributed by atoms with E-state index in [4.69, 9.17) is 0 Å². The van der Waals surface area contributed by atoms with Crippen LogP contribution in [0.5, 0.6) is 0 Å². The van der Waals surface area contributed by atoms with E-state index < -0.39 is 0 Å². The van der Waals surface area contributed by atoms with Crippen molar-refractivity contribution in [3.05, 3.63) is 28.5 Å². The second-order valence-electron chi connectivity index (χ2n) is 3.75. The van der Waals surface area contributed by atoms with Crippen molar-refractivity contribution in [2.24, 2.45) is 0 Å². The van der Waals surface area contributed by atoms with Crippen molar-refractivity contribution in [3.63, 3.8) is 0 Å². The minimum Gasteiger partial charge on any atom is -0.317 e. The van der Waals surface area contributed by atoms with Crippen molar-refractivity contribution in [1.82, 2.24) is 15.6 Å². The molecule has 2 N–H and O–H groups in total. The number of nitrogens with one attached hydrogen (secondary N) is 2. The zero-order chi connectivity index (χ0) is 11.6. The Hall–Kier alpha value is -0.450. The van der Waals surface area contributed by atoms with Crippen LogP contribution in [-0.2, 0) is 6.54 Å². The highest BCUT2D eigenvalue weighted by atomic mass is 79.9. The topological polar surface area (TPSA) is 37.0 Å². The van der Waals surface area contributed by atoms with Gasteiger partial charge < -0.3 is 10.6 Å². The molecular formula is C12H20BrN3. The molecule has 4 heteroatoms. The van der Waals surface area contributed by atoms with Crippen LogP contribution in [0.15, 0.2) is 22.8 Å². The fraction of sp³-hybridized carbons (Fsp3) is 0.583. The minimum atomic E-state index is 0.848. The molecule has 0 saturated heterocycles. The molecule has 0 bridgehead atoms. The van der Waals surface area contributed by atoms with Crippen LogP contribution in [0.25, 0.3) is 0 Å². The highest BCUT2D eigenvalue weighted by Crippen LogP contribution is 2.06. The largest absolute Gasteiger partial charge is 0.317 e. The van der Waals surface area contributed by atoms with Crippen molar-refractivity contribution < 1.29 is 0 Å². The molecule has 0 amide bonds. The van der Waals surface area contributed by atoms with Crippen LogP contribution in [0.1, 0.15) is 25.5 Å². The Kier molecular flexibility index (Phi) is 7.38. The van der Waals surface area contributed by atoms with E-state index in [1.807, 2.05) is 18.3 Å². The average molecular weight is 286 g/mol. The molecule has 1 aromatic rings. The molecule has 0 unspecified atom stereocenters. The highest BCUT2D eigenvalue weighted by molar-refractivity contribution is 9.10. The van der Waals surface area contributed by atoms with Crippen LogP contribution in [0, 0.1) is 0 Å². The van der Waals surface area contributed by atoms with Crippen molar-refractivity contribution in [2.75, 3.05) is 19.6 Å². The van der Waals surface area contributed by atoms with Crippen LogP contribution in [0.3, 0.4) is 0 Å². The molecule has 90 valence electrons. The normalized spacial score (nSPS) is 10.6. The maximum Gasteiger partial charge on any atom is 0.0542 e. The van der Waals surface area contributed by atoms with E-state index in [9.17, 15) is 0 Å². The molecular weight excluding hydrogens is 266 g/mol. The second-order valence-corrected chi connectivity index (χ2v) is 4.66. The van der Waals surface area contributed by atoms with Crippen molar-refractivity contribution in [3.8, 4) is 0 Å². The summed E-state index contributed by atoms with van der Waals surface area (Å²) < 4.78 is 1.03. The summed E-state index contributed by atoms with van der Waals surface area (Å²) in [5.74, 6) is 0. The third-order valence-corrected chi connectivity index (χ3v) is 2.70. The Balaban J connectivity index is 2.01. The van der Waals surface area contributed by atoms with Gasteiger partial charge in [0.25, 0.3) is 0 Å². The van der Waals surface area contributed by atoms with Gasteiger partial charge in [-0.1, -0.05) is 6.92 Å². The van der Waals surface area contributed by atoms with E-state index in [1.165, 1.54) is 6.42 Å². The first-order valence-electron chi connectivity index (χ1n) is 5.85. The lowest BCUT2D eigenvalue weighted by Crippen LogP contribution is -2.22. The van der Waals surface area contributed by atoms with E-state index in [0.717, 1.165) is 42.8 Å². The number of nitrogens with zero attached hydrogens (tertiary/aromatic N) is 1. The van der Waals surface area contributed by atoms with Gasteiger partial charge in [-0.05, 0) is 60.5 Å². The fourth-order valence-corrected chi connectivity index (χ4v) is 1.60. The SMILES string of the molecule is CCCNCCCNCc1ccc(Br)cn1. The van der Waals surface area contributed by atoms with Crippen LogP contribution in [0.2, 0.25) is 0 Å². The summed E-state index contributed by atoms with van der Waals surface area (Å²) in [6.07, 6.45) is 4.20. The lowest BCUT2D eigenvalue weighted by molar-refractivity contribution is 0.588. The first kappa shape index (κ1) is 13.6. The number of hydrogen-bond acceptors (Lipinski definition) is 3. The van der Waals surface area contributed by atoms with E-state index in [1.54, 1.807) is 0 Å². The molecule has 1 aromatic heterocycles. The van der Waals surface area contributed by atoms with Gasteiger partial charge in [-0.15, -0.1) is 0 Å². The molecule has 0 radical (unpaired) electrons. The zero-order valence-electron chi connectivity index (χ0n) is 9.80. The molecule has 1 heterocycles. The molecule has 0 aliphatic heterocycles. The van der Waals surface area contributed by atoms with Gasteiger partial charge in [0, 0.05) is 17.2 Å². The molecule has 0 aliphatic carbocycles. The van der Waals surface area contributed by atoms with Gasteiger partial charge >= 0.3 is 0 Å². The molecule has 0 atom stereocenters. The fourth-order valence-electron chi connectivity index (χ4n) is 1.37. The average Bonchev–Trinajstić information content (AvgIpc) is 2.30. The molecule has 3 nitrogen and oxygen atoms in total. The molecule has 0 saturated carbocycles. The maximum absolute atomic E-state index is 4.30. The number of pyridine rings is 1. The van der Waals surface area contributed by atoms with Gasteiger partial charge in [0.05, 0.1) is 5.69 Å². The van der Waals surface area contributed by atoms with Crippen molar-refractivity contribution >= 4 is 15.9 Å². The minimum absolute atomic E-state index is 0.848. The first-order valence-corrected chi connectivity index (χ1v) is 6.64. The third kappa shape index (κ3) is 6.20. The third-order valence-electron chi connectivity index (χ3n) is 2.23. The first-order chi connectivity index (χ1) is 7.83. The van der Waals surface area contributed by atoms with Crippen LogP contribution < -0.4 is 10.6 Å². The zero-order valence-corrected chi connectivity index (χ0v) is 11.4. The Morgan fingerprint density at radius 3 is 2.69 bits per heavy atom. The van der Waals surface area contributed by atoms with Gasteiger partial charge in [0.1, 0.15) is 0 Å². The number of halogens is 1. The summed E-state index contributed by atoms with van der Waals surface area (Å²) in [5.41, 5.74) is 1.09. The molecule has 1 rings (SSSR count). The summed E-state index contributed by atoms with van der Waals surface area (Å²) in [7, 11) is 0. The Bertz CT molecular complexity index is 274. The number of aromatic nitrogens is 1. The maximum atomic E-state index is 4.30. The van der Waals surface area contributed by atoms with Crippen molar-refractivity contribution in [1.29, 1.82) is 0 Å². The van der Waals surface area contributed by atoms with Gasteiger partial charge in [-0.25, -0.2) is 0 Å². The summed E-state index contributed by atoms with van der Waals surface area (Å²) in [5, 5.41) is 6.76. The van der Waals surface area contributed by atoms with E-state index >= 15 is 0 Å². The van der Waals surface area contributed by atoms with Crippen LogP contribution in [0.4, 0.5) is 0 Å². The number of hydrogen-bond donors (Lipinski definition) is 2. The van der Waals surface area contributed by atoms with Gasteiger partial charge in [-0.2, -0.15) is 0 Å². The Labute approximate surface area is 106 Å². The monoisotopic (exact) mass is 285 g/mol. The van der Waals surface area contributed by atoms with Gasteiger partial charge in [0.2, 0.25) is 0 Å².